The van der Waals surface area contributed by atoms with Gasteiger partial charge in [-0.1, -0.05) is 42.5 Å². The molecular formula is C24H16Br3NO3. The zero-order chi connectivity index (χ0) is 21.8. The molecule has 0 saturated heterocycles. The summed E-state index contributed by atoms with van der Waals surface area (Å²) in [7, 11) is 0. The maximum atomic E-state index is 12.3. The minimum atomic E-state index is -0.485. The zero-order valence-corrected chi connectivity index (χ0v) is 20.9. The molecule has 1 aliphatic rings. The molecule has 4 nitrogen and oxygen atoms in total. The second-order valence-corrected chi connectivity index (χ2v) is 9.28. The molecule has 0 saturated carbocycles. The van der Waals surface area contributed by atoms with Crippen LogP contribution in [0.5, 0.6) is 5.75 Å². The van der Waals surface area contributed by atoms with Crippen molar-refractivity contribution in [2.45, 2.75) is 6.42 Å². The molecule has 4 rings (SSSR count). The second kappa shape index (κ2) is 9.94. The second-order valence-electron chi connectivity index (χ2n) is 6.71. The molecule has 156 valence electrons. The van der Waals surface area contributed by atoms with Crippen LogP contribution in [0.2, 0.25) is 0 Å². The molecule has 0 atom stereocenters. The van der Waals surface area contributed by atoms with Crippen molar-refractivity contribution in [2.24, 2.45) is 4.99 Å². The van der Waals surface area contributed by atoms with E-state index in [9.17, 15) is 4.79 Å². The molecular weight excluding hydrogens is 590 g/mol. The molecule has 0 aromatic heterocycles. The smallest absolute Gasteiger partial charge is 0.363 e. The Morgan fingerprint density at radius 2 is 1.58 bits per heavy atom. The van der Waals surface area contributed by atoms with Gasteiger partial charge >= 0.3 is 5.97 Å². The van der Waals surface area contributed by atoms with Crippen LogP contribution in [0, 0.1) is 0 Å². The average molecular weight is 606 g/mol. The number of cyclic esters (lactones) is 1. The average Bonchev–Trinajstić information content (AvgIpc) is 3.11. The molecule has 7 heteroatoms. The van der Waals surface area contributed by atoms with Gasteiger partial charge in [0, 0.05) is 10.9 Å². The number of nitrogens with zero attached hydrogens (tertiary/aromatic N) is 1. The van der Waals surface area contributed by atoms with E-state index < -0.39 is 5.97 Å². The Labute approximate surface area is 205 Å². The molecule has 3 aromatic carbocycles. The Balaban J connectivity index is 1.52. The first-order chi connectivity index (χ1) is 15.0. The highest BCUT2D eigenvalue weighted by molar-refractivity contribution is 9.11. The number of ether oxygens (including phenoxy) is 2. The highest BCUT2D eigenvalue weighted by Crippen LogP contribution is 2.36. The lowest BCUT2D eigenvalue weighted by Crippen LogP contribution is -2.05. The summed E-state index contributed by atoms with van der Waals surface area (Å²) >= 11 is 10.6. The van der Waals surface area contributed by atoms with Gasteiger partial charge in [0.15, 0.2) is 5.70 Å². The molecule has 3 aromatic rings. The Morgan fingerprint density at radius 3 is 2.29 bits per heavy atom. The fourth-order valence-electron chi connectivity index (χ4n) is 3.03. The van der Waals surface area contributed by atoms with Gasteiger partial charge in [-0.05, 0) is 89.3 Å². The number of rotatable bonds is 6. The molecule has 1 heterocycles. The van der Waals surface area contributed by atoms with Crippen LogP contribution in [-0.2, 0) is 16.0 Å². The normalized spacial score (nSPS) is 14.5. The summed E-state index contributed by atoms with van der Waals surface area (Å²) in [6.07, 6.45) is 2.50. The van der Waals surface area contributed by atoms with E-state index in [1.165, 1.54) is 5.56 Å². The van der Waals surface area contributed by atoms with Crippen LogP contribution in [0.1, 0.15) is 16.7 Å². The zero-order valence-electron chi connectivity index (χ0n) is 16.1. The number of hydrogen-bond donors (Lipinski definition) is 0. The molecule has 31 heavy (non-hydrogen) atoms. The molecule has 0 unspecified atom stereocenters. The predicted molar refractivity (Wildman–Crippen MR) is 132 cm³/mol. The van der Waals surface area contributed by atoms with Crippen molar-refractivity contribution in [1.82, 2.24) is 0 Å². The van der Waals surface area contributed by atoms with Crippen LogP contribution in [0.3, 0.4) is 0 Å². The molecule has 0 spiro atoms. The van der Waals surface area contributed by atoms with E-state index in [0.717, 1.165) is 31.0 Å². The molecule has 0 amide bonds. The van der Waals surface area contributed by atoms with Crippen molar-refractivity contribution < 1.29 is 14.3 Å². The summed E-state index contributed by atoms with van der Waals surface area (Å²) in [5.41, 5.74) is 2.97. The first-order valence-electron chi connectivity index (χ1n) is 9.44. The highest BCUT2D eigenvalue weighted by atomic mass is 79.9. The van der Waals surface area contributed by atoms with Crippen molar-refractivity contribution in [3.8, 4) is 5.75 Å². The Bertz CT molecular complexity index is 1170. The van der Waals surface area contributed by atoms with Crippen molar-refractivity contribution in [3.05, 3.63) is 103 Å². The molecule has 0 aliphatic carbocycles. The molecule has 0 bridgehead atoms. The third-order valence-electron chi connectivity index (χ3n) is 4.53. The fourth-order valence-corrected chi connectivity index (χ4v) is 4.94. The Morgan fingerprint density at radius 1 is 0.903 bits per heavy atom. The largest absolute Gasteiger partial charge is 0.491 e. The van der Waals surface area contributed by atoms with Crippen LogP contribution in [0.4, 0.5) is 0 Å². The van der Waals surface area contributed by atoms with Gasteiger partial charge in [-0.3, -0.25) is 0 Å². The summed E-state index contributed by atoms with van der Waals surface area (Å²) in [5, 5.41) is 0. The Hall–Kier alpha value is -2.22. The monoisotopic (exact) mass is 603 g/mol. The topological polar surface area (TPSA) is 47.9 Å². The standard InChI is InChI=1S/C24H16Br3NO3/c25-18-9-5-4-8-17(18)23-28-21(24(29)31-23)14-16-12-19(26)22(20(27)13-16)30-11-10-15-6-2-1-3-7-15/h1-9,12-14H,10-11H2/b21-14-. The van der Waals surface area contributed by atoms with Crippen LogP contribution >= 0.6 is 47.8 Å². The lowest BCUT2D eigenvalue weighted by Gasteiger charge is -2.11. The maximum Gasteiger partial charge on any atom is 0.363 e. The number of carbonyl (C=O) groups is 1. The van der Waals surface area contributed by atoms with E-state index in [1.54, 1.807) is 6.08 Å². The van der Waals surface area contributed by atoms with E-state index in [4.69, 9.17) is 9.47 Å². The van der Waals surface area contributed by atoms with Crippen molar-refractivity contribution in [1.29, 1.82) is 0 Å². The first-order valence-corrected chi connectivity index (χ1v) is 11.8. The van der Waals surface area contributed by atoms with Crippen molar-refractivity contribution in [3.63, 3.8) is 0 Å². The Kier molecular flexibility index (Phi) is 7.05. The minimum absolute atomic E-state index is 0.238. The van der Waals surface area contributed by atoms with Gasteiger partial charge in [-0.25, -0.2) is 9.79 Å². The number of hydrogen-bond acceptors (Lipinski definition) is 4. The van der Waals surface area contributed by atoms with E-state index in [2.05, 4.69) is 64.9 Å². The number of carbonyl (C=O) groups excluding carboxylic acids is 1. The quantitative estimate of drug-likeness (QED) is 0.226. The van der Waals surface area contributed by atoms with Gasteiger partial charge < -0.3 is 9.47 Å². The van der Waals surface area contributed by atoms with Crippen LogP contribution < -0.4 is 4.74 Å². The van der Waals surface area contributed by atoms with Crippen LogP contribution in [-0.4, -0.2) is 18.5 Å². The van der Waals surface area contributed by atoms with Gasteiger partial charge in [0.2, 0.25) is 5.90 Å². The first kappa shape index (κ1) is 22.0. The SMILES string of the molecule is O=C1OC(c2ccccc2Br)=N/C1=C\c1cc(Br)c(OCCc2ccccc2)c(Br)c1. The van der Waals surface area contributed by atoms with E-state index >= 15 is 0 Å². The van der Waals surface area contributed by atoms with Crippen LogP contribution in [0.25, 0.3) is 6.08 Å². The van der Waals surface area contributed by atoms with Crippen LogP contribution in [0.15, 0.2) is 90.8 Å². The summed E-state index contributed by atoms with van der Waals surface area (Å²) in [4.78, 5) is 16.7. The third kappa shape index (κ3) is 5.34. The lowest BCUT2D eigenvalue weighted by molar-refractivity contribution is -0.129. The van der Waals surface area contributed by atoms with Gasteiger partial charge in [-0.15, -0.1) is 0 Å². The van der Waals surface area contributed by atoms with Gasteiger partial charge in [0.25, 0.3) is 0 Å². The molecule has 0 fully saturated rings. The summed E-state index contributed by atoms with van der Waals surface area (Å²) < 4.78 is 13.7. The van der Waals surface area contributed by atoms with Gasteiger partial charge in [-0.2, -0.15) is 0 Å². The third-order valence-corrected chi connectivity index (χ3v) is 6.40. The number of benzene rings is 3. The van der Waals surface area contributed by atoms with Crippen molar-refractivity contribution >= 4 is 65.7 Å². The minimum Gasteiger partial charge on any atom is -0.491 e. The summed E-state index contributed by atoms with van der Waals surface area (Å²) in [6, 6.07) is 21.4. The van der Waals surface area contributed by atoms with Crippen molar-refractivity contribution in [2.75, 3.05) is 6.61 Å². The number of halogens is 3. The highest BCUT2D eigenvalue weighted by Gasteiger charge is 2.25. The van der Waals surface area contributed by atoms with Gasteiger partial charge in [0.1, 0.15) is 5.75 Å². The van der Waals surface area contributed by atoms with Gasteiger partial charge in [0.05, 0.1) is 21.1 Å². The number of esters is 1. The lowest BCUT2D eigenvalue weighted by atomic mass is 10.1. The van der Waals surface area contributed by atoms with E-state index in [0.29, 0.717) is 12.4 Å². The summed E-state index contributed by atoms with van der Waals surface area (Å²) in [6.45, 7) is 0.549. The predicted octanol–water partition coefficient (Wildman–Crippen LogP) is 6.94. The maximum absolute atomic E-state index is 12.3. The number of aliphatic imine (C=N–C) groups is 1. The molecule has 0 radical (unpaired) electrons. The fraction of sp³-hybridized carbons (Fsp3) is 0.0833. The molecule has 1 aliphatic heterocycles. The van der Waals surface area contributed by atoms with E-state index in [1.807, 2.05) is 54.6 Å². The summed E-state index contributed by atoms with van der Waals surface area (Å²) in [5.74, 6) is 0.508. The molecule has 0 N–H and O–H groups in total. The van der Waals surface area contributed by atoms with E-state index in [-0.39, 0.29) is 11.6 Å².